The van der Waals surface area contributed by atoms with Crippen LogP contribution in [0.15, 0.2) is 18.2 Å². The first-order valence-electron chi connectivity index (χ1n) is 6.77. The Morgan fingerprint density at radius 2 is 2.17 bits per heavy atom. The van der Waals surface area contributed by atoms with Crippen LogP contribution in [0.2, 0.25) is 0 Å². The van der Waals surface area contributed by atoms with Gasteiger partial charge >= 0.3 is 0 Å². The highest BCUT2D eigenvalue weighted by atomic mass is 16.5. The molecule has 1 aliphatic rings. The molecule has 0 aromatic carbocycles. The molecule has 1 atom stereocenters. The van der Waals surface area contributed by atoms with Crippen LogP contribution >= 0.6 is 0 Å². The van der Waals surface area contributed by atoms with Crippen LogP contribution in [0.1, 0.15) is 43.9 Å². The van der Waals surface area contributed by atoms with Gasteiger partial charge in [-0.15, -0.1) is 0 Å². The minimum Gasteiger partial charge on any atom is -0.477 e. The molecule has 4 nitrogen and oxygen atoms in total. The van der Waals surface area contributed by atoms with Gasteiger partial charge in [-0.25, -0.2) is 4.98 Å². The molecular weight excluding hydrogens is 228 g/mol. The van der Waals surface area contributed by atoms with Gasteiger partial charge in [-0.05, 0) is 37.8 Å². The van der Waals surface area contributed by atoms with Crippen molar-refractivity contribution in [2.45, 2.75) is 38.2 Å². The van der Waals surface area contributed by atoms with E-state index in [4.69, 9.17) is 10.5 Å². The van der Waals surface area contributed by atoms with Crippen molar-refractivity contribution in [2.24, 2.45) is 11.7 Å². The summed E-state index contributed by atoms with van der Waals surface area (Å²) in [5, 5.41) is 9.83. The highest BCUT2D eigenvalue weighted by Gasteiger charge is 2.16. The first kappa shape index (κ1) is 13.3. The number of aliphatic hydroxyl groups is 1. The van der Waals surface area contributed by atoms with Crippen LogP contribution in [0.25, 0.3) is 0 Å². The van der Waals surface area contributed by atoms with E-state index < -0.39 is 6.10 Å². The number of hydrogen-bond acceptors (Lipinski definition) is 4. The lowest BCUT2D eigenvalue weighted by Crippen LogP contribution is -2.11. The van der Waals surface area contributed by atoms with Crippen LogP contribution in [0.3, 0.4) is 0 Å². The molecule has 1 saturated carbocycles. The SMILES string of the molecule is NCCC(O)c1cccc(OCC2CCCC2)n1. The summed E-state index contributed by atoms with van der Waals surface area (Å²) in [6.07, 6.45) is 5.09. The predicted molar refractivity (Wildman–Crippen MR) is 70.3 cm³/mol. The summed E-state index contributed by atoms with van der Waals surface area (Å²) in [5.74, 6) is 1.28. The van der Waals surface area contributed by atoms with Crippen LogP contribution in [0.4, 0.5) is 0 Å². The molecule has 2 rings (SSSR count). The van der Waals surface area contributed by atoms with Gasteiger partial charge in [0.25, 0.3) is 0 Å². The lowest BCUT2D eigenvalue weighted by atomic mass is 10.1. The third-order valence-electron chi connectivity index (χ3n) is 3.47. The van der Waals surface area contributed by atoms with Crippen molar-refractivity contribution in [1.82, 2.24) is 4.98 Å². The molecule has 18 heavy (non-hydrogen) atoms. The number of rotatable bonds is 6. The summed E-state index contributed by atoms with van der Waals surface area (Å²) in [7, 11) is 0. The summed E-state index contributed by atoms with van der Waals surface area (Å²) in [6.45, 7) is 1.19. The van der Waals surface area contributed by atoms with Gasteiger partial charge in [-0.2, -0.15) is 0 Å². The summed E-state index contributed by atoms with van der Waals surface area (Å²) >= 11 is 0. The normalized spacial score (nSPS) is 17.9. The molecule has 0 spiro atoms. The quantitative estimate of drug-likeness (QED) is 0.810. The summed E-state index contributed by atoms with van der Waals surface area (Å²) in [4.78, 5) is 4.32. The molecule has 4 heteroatoms. The van der Waals surface area contributed by atoms with Crippen molar-refractivity contribution in [1.29, 1.82) is 0 Å². The number of aliphatic hydroxyl groups excluding tert-OH is 1. The predicted octanol–water partition coefficient (Wildman–Crippen LogP) is 2.03. The number of nitrogens with two attached hydrogens (primary N) is 1. The second-order valence-electron chi connectivity index (χ2n) is 4.96. The molecule has 1 aromatic rings. The Hall–Kier alpha value is -1.13. The van der Waals surface area contributed by atoms with Crippen molar-refractivity contribution in [2.75, 3.05) is 13.2 Å². The zero-order valence-electron chi connectivity index (χ0n) is 10.7. The van der Waals surface area contributed by atoms with Crippen molar-refractivity contribution >= 4 is 0 Å². The molecule has 0 aliphatic heterocycles. The van der Waals surface area contributed by atoms with Crippen LogP contribution in [-0.2, 0) is 0 Å². The topological polar surface area (TPSA) is 68.4 Å². The molecule has 1 heterocycles. The second kappa shape index (κ2) is 6.71. The average molecular weight is 250 g/mol. The monoisotopic (exact) mass is 250 g/mol. The van der Waals surface area contributed by atoms with E-state index in [1.807, 2.05) is 18.2 Å². The molecular formula is C14H22N2O2. The largest absolute Gasteiger partial charge is 0.477 e. The third kappa shape index (κ3) is 3.68. The van der Waals surface area contributed by atoms with Crippen LogP contribution in [-0.4, -0.2) is 23.2 Å². The fourth-order valence-electron chi connectivity index (χ4n) is 2.38. The number of pyridine rings is 1. The van der Waals surface area contributed by atoms with Crippen molar-refractivity contribution < 1.29 is 9.84 Å². The van der Waals surface area contributed by atoms with Gasteiger partial charge in [-0.1, -0.05) is 18.9 Å². The number of aromatic nitrogens is 1. The number of hydrogen-bond donors (Lipinski definition) is 2. The molecule has 0 radical (unpaired) electrons. The van der Waals surface area contributed by atoms with Gasteiger partial charge in [-0.3, -0.25) is 0 Å². The minimum absolute atomic E-state index is 0.454. The molecule has 0 bridgehead atoms. The van der Waals surface area contributed by atoms with Gasteiger partial charge in [0.2, 0.25) is 5.88 Å². The Morgan fingerprint density at radius 3 is 2.89 bits per heavy atom. The van der Waals surface area contributed by atoms with Crippen molar-refractivity contribution in [3.8, 4) is 5.88 Å². The molecule has 1 aliphatic carbocycles. The second-order valence-corrected chi connectivity index (χ2v) is 4.96. The Morgan fingerprint density at radius 1 is 1.39 bits per heavy atom. The van der Waals surface area contributed by atoms with E-state index in [1.165, 1.54) is 25.7 Å². The van der Waals surface area contributed by atoms with E-state index in [-0.39, 0.29) is 0 Å². The molecule has 1 fully saturated rings. The molecule has 3 N–H and O–H groups in total. The van der Waals surface area contributed by atoms with Crippen molar-refractivity contribution in [3.05, 3.63) is 23.9 Å². The zero-order chi connectivity index (χ0) is 12.8. The number of ether oxygens (including phenoxy) is 1. The smallest absolute Gasteiger partial charge is 0.213 e. The van der Waals surface area contributed by atoms with Gasteiger partial charge in [0.1, 0.15) is 0 Å². The fraction of sp³-hybridized carbons (Fsp3) is 0.643. The van der Waals surface area contributed by atoms with Crippen LogP contribution in [0.5, 0.6) is 5.88 Å². The average Bonchev–Trinajstić information content (AvgIpc) is 2.90. The first-order chi connectivity index (χ1) is 8.79. The van der Waals surface area contributed by atoms with Gasteiger partial charge in [0.05, 0.1) is 18.4 Å². The molecule has 1 unspecified atom stereocenters. The molecule has 0 saturated heterocycles. The fourth-order valence-corrected chi connectivity index (χ4v) is 2.38. The van der Waals surface area contributed by atoms with Crippen molar-refractivity contribution in [3.63, 3.8) is 0 Å². The maximum absolute atomic E-state index is 9.83. The van der Waals surface area contributed by atoms with E-state index in [9.17, 15) is 5.11 Å². The van der Waals surface area contributed by atoms with E-state index in [1.54, 1.807) is 0 Å². The Labute approximate surface area is 108 Å². The molecule has 0 amide bonds. The maximum Gasteiger partial charge on any atom is 0.213 e. The number of nitrogens with zero attached hydrogens (tertiary/aromatic N) is 1. The highest BCUT2D eigenvalue weighted by molar-refractivity contribution is 5.17. The molecule has 100 valence electrons. The first-order valence-corrected chi connectivity index (χ1v) is 6.77. The van der Waals surface area contributed by atoms with Crippen LogP contribution < -0.4 is 10.5 Å². The van der Waals surface area contributed by atoms with E-state index in [2.05, 4.69) is 4.98 Å². The summed E-state index contributed by atoms with van der Waals surface area (Å²) < 4.78 is 5.71. The van der Waals surface area contributed by atoms with E-state index in [0.29, 0.717) is 30.5 Å². The van der Waals surface area contributed by atoms with Gasteiger partial charge < -0.3 is 15.6 Å². The zero-order valence-corrected chi connectivity index (χ0v) is 10.7. The lowest BCUT2D eigenvalue weighted by molar-refractivity contribution is 0.163. The van der Waals surface area contributed by atoms with Gasteiger partial charge in [0.15, 0.2) is 0 Å². The van der Waals surface area contributed by atoms with Gasteiger partial charge in [0, 0.05) is 6.07 Å². The van der Waals surface area contributed by atoms with E-state index >= 15 is 0 Å². The Kier molecular flexibility index (Phi) is 4.96. The highest BCUT2D eigenvalue weighted by Crippen LogP contribution is 2.25. The van der Waals surface area contributed by atoms with E-state index in [0.717, 1.165) is 6.61 Å². The Bertz CT molecular complexity index is 365. The molecule has 1 aromatic heterocycles. The third-order valence-corrected chi connectivity index (χ3v) is 3.47. The van der Waals surface area contributed by atoms with Crippen LogP contribution in [0, 0.1) is 5.92 Å². The lowest BCUT2D eigenvalue weighted by Gasteiger charge is -2.13. The maximum atomic E-state index is 9.83. The minimum atomic E-state index is -0.593. The Balaban J connectivity index is 1.89. The summed E-state index contributed by atoms with van der Waals surface area (Å²) in [6, 6.07) is 5.52. The standard InChI is InChI=1S/C14H22N2O2/c15-9-8-13(17)12-6-3-7-14(16-12)18-10-11-4-1-2-5-11/h3,6-7,11,13,17H,1-2,4-5,8-10,15H2. The summed E-state index contributed by atoms with van der Waals surface area (Å²) in [5.41, 5.74) is 6.07.